The molecule has 1 aliphatic heterocycles. The molecule has 2 fully saturated rings. The summed E-state index contributed by atoms with van der Waals surface area (Å²) in [7, 11) is 0. The van der Waals surface area contributed by atoms with Gasteiger partial charge >= 0.3 is 5.97 Å². The molecule has 4 aromatic rings. The number of carbonyl (C=O) groups is 1. The largest absolute Gasteiger partial charge is 0.493 e. The van der Waals surface area contributed by atoms with Crippen molar-refractivity contribution < 1.29 is 19.7 Å². The average Bonchev–Trinajstić information content (AvgIpc) is 3.52. The first kappa shape index (κ1) is 40.8. The lowest BCUT2D eigenvalue weighted by Gasteiger charge is -2.47. The van der Waals surface area contributed by atoms with E-state index in [1.807, 2.05) is 36.5 Å². The summed E-state index contributed by atoms with van der Waals surface area (Å²) in [4.78, 5) is 22.7. The first-order valence-electron chi connectivity index (χ1n) is 21.8. The molecule has 1 saturated heterocycles. The van der Waals surface area contributed by atoms with E-state index in [1.54, 1.807) is 0 Å². The third-order valence-electron chi connectivity index (χ3n) is 14.2. The molecule has 0 radical (unpaired) electrons. The number of anilines is 1. The van der Waals surface area contributed by atoms with Crippen LogP contribution in [0.5, 0.6) is 5.75 Å². The van der Waals surface area contributed by atoms with Gasteiger partial charge < -0.3 is 25.2 Å². The van der Waals surface area contributed by atoms with Crippen LogP contribution in [-0.2, 0) is 29.5 Å². The second-order valence-corrected chi connectivity index (χ2v) is 18.4. The molecular weight excluding hydrogens is 744 g/mol. The van der Waals surface area contributed by atoms with Crippen molar-refractivity contribution in [3.63, 3.8) is 0 Å². The van der Waals surface area contributed by atoms with Crippen LogP contribution in [-0.4, -0.2) is 82.4 Å². The van der Waals surface area contributed by atoms with E-state index in [4.69, 9.17) is 21.3 Å². The van der Waals surface area contributed by atoms with Gasteiger partial charge in [0.25, 0.3) is 0 Å². The Morgan fingerprint density at radius 3 is 2.52 bits per heavy atom. The van der Waals surface area contributed by atoms with E-state index in [0.717, 1.165) is 88.2 Å². The average molecular weight is 806 g/mol. The number of aryl methyl sites for hydroxylation is 1. The Morgan fingerprint density at radius 1 is 0.983 bits per heavy atom. The Labute approximate surface area is 350 Å². The Hall–Kier alpha value is -3.95. The number of pyridine rings is 1. The Bertz CT molecular complexity index is 2030. The topological polar surface area (TPSA) is 98.2 Å². The third kappa shape index (κ3) is 8.81. The minimum Gasteiger partial charge on any atom is -0.493 e. The minimum atomic E-state index is -1.09. The van der Waals surface area contributed by atoms with Crippen LogP contribution in [0.25, 0.3) is 0 Å². The number of carboxylic acid groups (broad SMARTS) is 1. The number of ether oxygens (including phenoxy) is 1. The highest BCUT2D eigenvalue weighted by molar-refractivity contribution is 6.30. The van der Waals surface area contributed by atoms with Gasteiger partial charge in [0.15, 0.2) is 0 Å². The van der Waals surface area contributed by atoms with Gasteiger partial charge in [0.05, 0.1) is 12.7 Å². The molecule has 0 bridgehead atoms. The van der Waals surface area contributed by atoms with E-state index in [1.165, 1.54) is 40.8 Å². The van der Waals surface area contributed by atoms with Crippen LogP contribution in [0.15, 0.2) is 85.1 Å². The molecule has 8 nitrogen and oxygen atoms in total. The predicted molar refractivity (Wildman–Crippen MR) is 232 cm³/mol. The molecule has 2 heterocycles. The number of piperazine rings is 1. The lowest BCUT2D eigenvalue weighted by atomic mass is 9.59. The number of aromatic nitrogens is 1. The number of aliphatic hydroxyl groups excluding tert-OH is 1. The molecule has 1 unspecified atom stereocenters. The van der Waals surface area contributed by atoms with Gasteiger partial charge in [-0.25, -0.2) is 4.79 Å². The van der Waals surface area contributed by atoms with E-state index >= 15 is 0 Å². The molecule has 1 spiro atoms. The van der Waals surface area contributed by atoms with Crippen molar-refractivity contribution in [2.45, 2.75) is 101 Å². The van der Waals surface area contributed by atoms with Crippen molar-refractivity contribution in [3.05, 3.63) is 124 Å². The molecule has 8 rings (SSSR count). The SMILES string of the molecule is C[C@@H](COc1ccnc2c1[C@H](C)CCC2)C[C@H]1Cc2ccc(C(O)CN3CCN(CCc4ccccc4)CC3)cc2C12CCC(Nc1cccc(Cl)c1)(C(=O)O)CC2. The van der Waals surface area contributed by atoms with E-state index in [2.05, 4.69) is 77.5 Å². The molecule has 1 saturated carbocycles. The van der Waals surface area contributed by atoms with Crippen LogP contribution in [0.3, 0.4) is 0 Å². The molecule has 0 amide bonds. The number of hydrogen-bond donors (Lipinski definition) is 3. The normalized spacial score (nSPS) is 25.8. The number of nitrogens with one attached hydrogen (secondary N) is 1. The molecule has 4 atom stereocenters. The molecule has 9 heteroatoms. The van der Waals surface area contributed by atoms with Crippen LogP contribution in [0.1, 0.15) is 104 Å². The second-order valence-electron chi connectivity index (χ2n) is 18.0. The van der Waals surface area contributed by atoms with Crippen LogP contribution in [0.2, 0.25) is 5.02 Å². The van der Waals surface area contributed by atoms with E-state index in [-0.39, 0.29) is 5.41 Å². The Balaban J connectivity index is 0.981. The van der Waals surface area contributed by atoms with Crippen molar-refractivity contribution in [2.75, 3.05) is 51.2 Å². The maximum atomic E-state index is 13.1. The van der Waals surface area contributed by atoms with E-state index in [0.29, 0.717) is 48.8 Å². The number of fused-ring (bicyclic) bond motifs is 3. The quantitative estimate of drug-likeness (QED) is 0.116. The maximum Gasteiger partial charge on any atom is 0.329 e. The lowest BCUT2D eigenvalue weighted by molar-refractivity contribution is -0.144. The number of aliphatic carboxylic acids is 1. The molecular formula is C49H61ClN4O4. The standard InChI is InChI=1S/C49H61ClN4O4/c1-34(33-58-45-16-22-51-43-13-6-8-35(2)46(43)45)28-39-29-37-14-15-38(44(55)32-54-26-24-53(25-27-54)23-17-36-9-4-3-5-10-36)30-42(37)48(39)18-20-49(21-19-48,47(56)57)52-41-12-7-11-40(50)31-41/h3-5,7,9-12,14-16,22,30-31,34-35,39,44,52,55H,6,8,13,17-21,23-29,32-33H2,1-2H3,(H,56,57)/t34-,35-,39+,44?,48?,49?/m1/s1. The minimum absolute atomic E-state index is 0.191. The maximum absolute atomic E-state index is 13.1. The summed E-state index contributed by atoms with van der Waals surface area (Å²) in [5.74, 6) is 1.24. The lowest BCUT2D eigenvalue weighted by Crippen LogP contribution is -2.53. The van der Waals surface area contributed by atoms with Crippen molar-refractivity contribution in [2.24, 2.45) is 11.8 Å². The zero-order valence-electron chi connectivity index (χ0n) is 34.3. The summed E-state index contributed by atoms with van der Waals surface area (Å²) in [6.45, 7) is 10.8. The Kier molecular flexibility index (Phi) is 12.5. The molecule has 3 aromatic carbocycles. The summed E-state index contributed by atoms with van der Waals surface area (Å²) in [6.07, 6.45) is 10.1. The predicted octanol–water partition coefficient (Wildman–Crippen LogP) is 9.09. The smallest absolute Gasteiger partial charge is 0.329 e. The summed E-state index contributed by atoms with van der Waals surface area (Å²) in [5.41, 5.74) is 6.91. The van der Waals surface area contributed by atoms with Crippen LogP contribution >= 0.6 is 11.6 Å². The summed E-state index contributed by atoms with van der Waals surface area (Å²) in [6, 6.07) is 26.8. The van der Waals surface area contributed by atoms with E-state index in [9.17, 15) is 15.0 Å². The van der Waals surface area contributed by atoms with Crippen LogP contribution in [0, 0.1) is 11.8 Å². The van der Waals surface area contributed by atoms with Gasteiger partial charge in [-0.2, -0.15) is 0 Å². The number of carboxylic acids is 1. The van der Waals surface area contributed by atoms with Crippen molar-refractivity contribution >= 4 is 23.3 Å². The fourth-order valence-electron chi connectivity index (χ4n) is 10.8. The van der Waals surface area contributed by atoms with Crippen molar-refractivity contribution in [3.8, 4) is 5.75 Å². The summed E-state index contributed by atoms with van der Waals surface area (Å²) >= 11 is 6.33. The molecule has 4 aliphatic rings. The second kappa shape index (κ2) is 17.7. The summed E-state index contributed by atoms with van der Waals surface area (Å²) in [5, 5.41) is 26.5. The highest BCUT2D eigenvalue weighted by Crippen LogP contribution is 2.56. The number of rotatable bonds is 14. The molecule has 3 aliphatic carbocycles. The summed E-state index contributed by atoms with van der Waals surface area (Å²) < 4.78 is 6.62. The van der Waals surface area contributed by atoms with Crippen molar-refractivity contribution in [1.29, 1.82) is 0 Å². The van der Waals surface area contributed by atoms with Crippen LogP contribution in [0.4, 0.5) is 5.69 Å². The highest BCUT2D eigenvalue weighted by Gasteiger charge is 2.54. The van der Waals surface area contributed by atoms with Gasteiger partial charge in [0.2, 0.25) is 0 Å². The van der Waals surface area contributed by atoms with Gasteiger partial charge in [0, 0.05) is 67.4 Å². The molecule has 308 valence electrons. The van der Waals surface area contributed by atoms with E-state index < -0.39 is 17.6 Å². The fourth-order valence-corrected chi connectivity index (χ4v) is 11.0. The number of halogens is 1. The molecule has 3 N–H and O–H groups in total. The van der Waals surface area contributed by atoms with Crippen molar-refractivity contribution in [1.82, 2.24) is 14.8 Å². The van der Waals surface area contributed by atoms with Gasteiger partial charge in [-0.3, -0.25) is 9.88 Å². The number of benzene rings is 3. The Morgan fingerprint density at radius 2 is 1.76 bits per heavy atom. The van der Waals surface area contributed by atoms with Gasteiger partial charge in [0.1, 0.15) is 11.3 Å². The first-order chi connectivity index (χ1) is 28.1. The zero-order chi connectivity index (χ0) is 40.3. The number of nitrogens with zero attached hydrogens (tertiary/aromatic N) is 3. The molecule has 1 aromatic heterocycles. The number of hydrogen-bond acceptors (Lipinski definition) is 7. The third-order valence-corrected chi connectivity index (χ3v) is 14.4. The number of aliphatic hydroxyl groups is 1. The first-order valence-corrected chi connectivity index (χ1v) is 22.2. The van der Waals surface area contributed by atoms with Gasteiger partial charge in [-0.05, 0) is 134 Å². The molecule has 58 heavy (non-hydrogen) atoms. The monoisotopic (exact) mass is 804 g/mol. The van der Waals surface area contributed by atoms with Gasteiger partial charge in [-0.15, -0.1) is 0 Å². The zero-order valence-corrected chi connectivity index (χ0v) is 35.1. The van der Waals surface area contributed by atoms with Crippen LogP contribution < -0.4 is 10.1 Å². The highest BCUT2D eigenvalue weighted by atomic mass is 35.5. The fraction of sp³-hybridized carbons (Fsp3) is 0.510. The number of β-amino-alcohol motifs (C(OH)–C–C–N with tert-alkyl or cyclic N) is 1. The van der Waals surface area contributed by atoms with Gasteiger partial charge in [-0.1, -0.05) is 80.0 Å².